The van der Waals surface area contributed by atoms with Gasteiger partial charge in [0.2, 0.25) is 0 Å². The fourth-order valence-electron chi connectivity index (χ4n) is 2.59. The van der Waals surface area contributed by atoms with Crippen LogP contribution in [0.1, 0.15) is 28.4 Å². The third-order valence-electron chi connectivity index (χ3n) is 3.66. The number of hydrogen-bond acceptors (Lipinski definition) is 3. The molecule has 22 heavy (non-hydrogen) atoms. The fraction of sp³-hybridized carbons (Fsp3) is 0.105. The lowest BCUT2D eigenvalue weighted by molar-refractivity contribution is 0.810. The summed E-state index contributed by atoms with van der Waals surface area (Å²) in [6.45, 7) is 0. The molecule has 1 atom stereocenters. The van der Waals surface area contributed by atoms with Gasteiger partial charge in [0.05, 0.1) is 5.69 Å². The minimum Gasteiger partial charge on any atom is -0.259 e. The first-order valence-corrected chi connectivity index (χ1v) is 7.23. The summed E-state index contributed by atoms with van der Waals surface area (Å²) in [6.07, 6.45) is 2.46. The Hall–Kier alpha value is -2.81. The standard InChI is InChI=1S/C19H16N2O/c22-21-19(18-12-6-7-13-20-18)17-11-5-4-10-16(17)14-15-8-2-1-3-9-15/h1-13,19H,14H2. The Kier molecular flexibility index (Phi) is 4.35. The molecule has 0 saturated carbocycles. The van der Waals surface area contributed by atoms with Crippen LogP contribution in [0, 0.1) is 4.91 Å². The first kappa shape index (κ1) is 14.1. The Balaban J connectivity index is 1.98. The molecule has 0 aliphatic carbocycles. The summed E-state index contributed by atoms with van der Waals surface area (Å²) < 4.78 is 0. The highest BCUT2D eigenvalue weighted by molar-refractivity contribution is 5.38. The number of nitroso groups, excluding NO2 is 1. The van der Waals surface area contributed by atoms with Gasteiger partial charge in [0.25, 0.3) is 0 Å². The SMILES string of the molecule is O=NC(c1ccccn1)c1ccccc1Cc1ccccc1. The van der Waals surface area contributed by atoms with E-state index in [0.29, 0.717) is 5.69 Å². The summed E-state index contributed by atoms with van der Waals surface area (Å²) in [4.78, 5) is 15.7. The van der Waals surface area contributed by atoms with Crippen LogP contribution in [0.4, 0.5) is 0 Å². The molecule has 2 aromatic carbocycles. The van der Waals surface area contributed by atoms with E-state index in [0.717, 1.165) is 17.5 Å². The average molecular weight is 288 g/mol. The Morgan fingerprint density at radius 2 is 1.59 bits per heavy atom. The zero-order chi connectivity index (χ0) is 15.2. The van der Waals surface area contributed by atoms with Crippen molar-refractivity contribution >= 4 is 0 Å². The van der Waals surface area contributed by atoms with E-state index in [1.807, 2.05) is 60.7 Å². The minimum absolute atomic E-state index is 0.568. The van der Waals surface area contributed by atoms with E-state index in [-0.39, 0.29) is 0 Å². The van der Waals surface area contributed by atoms with Crippen molar-refractivity contribution in [2.24, 2.45) is 5.18 Å². The topological polar surface area (TPSA) is 42.3 Å². The first-order chi connectivity index (χ1) is 10.9. The van der Waals surface area contributed by atoms with Gasteiger partial charge >= 0.3 is 0 Å². The lowest BCUT2D eigenvalue weighted by atomic mass is 9.94. The molecule has 3 aromatic rings. The smallest absolute Gasteiger partial charge is 0.159 e. The van der Waals surface area contributed by atoms with Crippen LogP contribution in [-0.4, -0.2) is 4.98 Å². The van der Waals surface area contributed by atoms with Crippen LogP contribution in [0.5, 0.6) is 0 Å². The van der Waals surface area contributed by atoms with Gasteiger partial charge in [-0.25, -0.2) is 0 Å². The monoisotopic (exact) mass is 288 g/mol. The molecular formula is C19H16N2O. The summed E-state index contributed by atoms with van der Waals surface area (Å²) in [6, 6.07) is 23.1. The number of aromatic nitrogens is 1. The van der Waals surface area contributed by atoms with Gasteiger partial charge in [-0.15, -0.1) is 4.91 Å². The predicted molar refractivity (Wildman–Crippen MR) is 87.6 cm³/mol. The van der Waals surface area contributed by atoms with Crippen LogP contribution >= 0.6 is 0 Å². The molecule has 108 valence electrons. The number of nitrogens with zero attached hydrogens (tertiary/aromatic N) is 2. The van der Waals surface area contributed by atoms with E-state index in [4.69, 9.17) is 0 Å². The fourth-order valence-corrected chi connectivity index (χ4v) is 2.59. The van der Waals surface area contributed by atoms with E-state index < -0.39 is 6.04 Å². The molecule has 3 nitrogen and oxygen atoms in total. The van der Waals surface area contributed by atoms with E-state index in [1.165, 1.54) is 5.56 Å². The van der Waals surface area contributed by atoms with Gasteiger partial charge in [0, 0.05) is 6.20 Å². The van der Waals surface area contributed by atoms with Crippen LogP contribution < -0.4 is 0 Å². The second kappa shape index (κ2) is 6.76. The average Bonchev–Trinajstić information content (AvgIpc) is 2.59. The van der Waals surface area contributed by atoms with Crippen LogP contribution in [0.3, 0.4) is 0 Å². The molecule has 3 heteroatoms. The molecule has 1 unspecified atom stereocenters. The van der Waals surface area contributed by atoms with Gasteiger partial charge in [-0.2, -0.15) is 0 Å². The predicted octanol–water partition coefficient (Wildman–Crippen LogP) is 4.53. The number of pyridine rings is 1. The Morgan fingerprint density at radius 3 is 2.32 bits per heavy atom. The first-order valence-electron chi connectivity index (χ1n) is 7.23. The second-order valence-corrected chi connectivity index (χ2v) is 5.12. The van der Waals surface area contributed by atoms with E-state index >= 15 is 0 Å². The molecule has 0 N–H and O–H groups in total. The van der Waals surface area contributed by atoms with Gasteiger partial charge in [-0.3, -0.25) is 4.98 Å². The third-order valence-corrected chi connectivity index (χ3v) is 3.66. The molecule has 0 fully saturated rings. The van der Waals surface area contributed by atoms with Crippen molar-refractivity contribution < 1.29 is 0 Å². The van der Waals surface area contributed by atoms with Gasteiger partial charge in [0.15, 0.2) is 6.04 Å². The molecule has 3 rings (SSSR count). The van der Waals surface area contributed by atoms with Crippen molar-refractivity contribution in [3.05, 3.63) is 106 Å². The summed E-state index contributed by atoms with van der Waals surface area (Å²) in [5, 5.41) is 3.32. The maximum atomic E-state index is 11.4. The van der Waals surface area contributed by atoms with E-state index in [2.05, 4.69) is 22.3 Å². The van der Waals surface area contributed by atoms with Crippen LogP contribution in [0.15, 0.2) is 84.2 Å². The Bertz CT molecular complexity index is 742. The Morgan fingerprint density at radius 1 is 0.864 bits per heavy atom. The van der Waals surface area contributed by atoms with E-state index in [9.17, 15) is 4.91 Å². The van der Waals surface area contributed by atoms with Crippen molar-refractivity contribution in [2.75, 3.05) is 0 Å². The summed E-state index contributed by atoms with van der Waals surface area (Å²) in [7, 11) is 0. The quantitative estimate of drug-likeness (QED) is 0.647. The molecular weight excluding hydrogens is 272 g/mol. The number of rotatable bonds is 5. The molecule has 0 bridgehead atoms. The van der Waals surface area contributed by atoms with Gasteiger partial charge < -0.3 is 0 Å². The van der Waals surface area contributed by atoms with Gasteiger partial charge in [-0.05, 0) is 35.2 Å². The molecule has 0 amide bonds. The summed E-state index contributed by atoms with van der Waals surface area (Å²) in [5.74, 6) is 0. The molecule has 0 aliphatic rings. The lowest BCUT2D eigenvalue weighted by Gasteiger charge is -2.14. The zero-order valence-corrected chi connectivity index (χ0v) is 12.1. The molecule has 0 spiro atoms. The maximum Gasteiger partial charge on any atom is 0.159 e. The largest absolute Gasteiger partial charge is 0.259 e. The third kappa shape index (κ3) is 3.09. The van der Waals surface area contributed by atoms with Crippen LogP contribution in [-0.2, 0) is 6.42 Å². The van der Waals surface area contributed by atoms with Crippen molar-refractivity contribution in [2.45, 2.75) is 12.5 Å². The summed E-state index contributed by atoms with van der Waals surface area (Å²) in [5.41, 5.74) is 3.91. The highest BCUT2D eigenvalue weighted by Crippen LogP contribution is 2.28. The van der Waals surface area contributed by atoms with Crippen molar-refractivity contribution in [3.63, 3.8) is 0 Å². The highest BCUT2D eigenvalue weighted by atomic mass is 16.3. The Labute approximate surface area is 129 Å². The maximum absolute atomic E-state index is 11.4. The van der Waals surface area contributed by atoms with Crippen LogP contribution in [0.25, 0.3) is 0 Å². The van der Waals surface area contributed by atoms with Gasteiger partial charge in [-0.1, -0.05) is 65.8 Å². The van der Waals surface area contributed by atoms with Gasteiger partial charge in [0.1, 0.15) is 0 Å². The lowest BCUT2D eigenvalue weighted by Crippen LogP contribution is -2.04. The minimum atomic E-state index is -0.568. The number of benzene rings is 2. The highest BCUT2D eigenvalue weighted by Gasteiger charge is 2.19. The molecule has 1 aromatic heterocycles. The molecule has 0 radical (unpaired) electrons. The number of hydrogen-bond donors (Lipinski definition) is 0. The molecule has 0 aliphatic heterocycles. The molecule has 0 saturated heterocycles. The summed E-state index contributed by atoms with van der Waals surface area (Å²) >= 11 is 0. The van der Waals surface area contributed by atoms with E-state index in [1.54, 1.807) is 6.20 Å². The van der Waals surface area contributed by atoms with Crippen LogP contribution in [0.2, 0.25) is 0 Å². The second-order valence-electron chi connectivity index (χ2n) is 5.12. The van der Waals surface area contributed by atoms with Crippen molar-refractivity contribution in [1.82, 2.24) is 4.98 Å². The normalized spacial score (nSPS) is 11.8. The van der Waals surface area contributed by atoms with Crippen molar-refractivity contribution in [3.8, 4) is 0 Å². The van der Waals surface area contributed by atoms with Crippen molar-refractivity contribution in [1.29, 1.82) is 0 Å². The molecule has 1 heterocycles. The zero-order valence-electron chi connectivity index (χ0n) is 12.1.